The van der Waals surface area contributed by atoms with Crippen LogP contribution in [0.4, 0.5) is 17.3 Å². The zero-order valence-electron chi connectivity index (χ0n) is 19.4. The minimum atomic E-state index is -0.393. The maximum atomic E-state index is 13.5. The van der Waals surface area contributed by atoms with E-state index in [4.69, 9.17) is 10.1 Å². The van der Waals surface area contributed by atoms with Gasteiger partial charge >= 0.3 is 0 Å². The number of rotatable bonds is 5. The molecule has 3 aromatic heterocycles. The van der Waals surface area contributed by atoms with E-state index < -0.39 is 6.04 Å². The van der Waals surface area contributed by atoms with Crippen LogP contribution in [-0.2, 0) is 4.79 Å². The number of allylic oxidation sites excluding steroid dienone is 1. The number of pyridine rings is 1. The summed E-state index contributed by atoms with van der Waals surface area (Å²) < 4.78 is 1.82. The van der Waals surface area contributed by atoms with E-state index in [2.05, 4.69) is 28.6 Å². The van der Waals surface area contributed by atoms with E-state index >= 15 is 0 Å². The summed E-state index contributed by atoms with van der Waals surface area (Å²) in [6.45, 7) is 3.95. The fraction of sp³-hybridized carbons (Fsp3) is 0.200. The highest BCUT2D eigenvalue weighted by Crippen LogP contribution is 2.40. The predicted octanol–water partition coefficient (Wildman–Crippen LogP) is 4.70. The van der Waals surface area contributed by atoms with Crippen molar-refractivity contribution in [3.63, 3.8) is 0 Å². The Morgan fingerprint density at radius 2 is 1.94 bits per heavy atom. The van der Waals surface area contributed by atoms with Crippen molar-refractivity contribution < 1.29 is 4.79 Å². The van der Waals surface area contributed by atoms with Gasteiger partial charge in [0.05, 0.1) is 17.5 Å². The van der Waals surface area contributed by atoms with Crippen molar-refractivity contribution in [3.05, 3.63) is 81.9 Å². The van der Waals surface area contributed by atoms with Crippen molar-refractivity contribution in [2.75, 3.05) is 29.6 Å². The van der Waals surface area contributed by atoms with Gasteiger partial charge in [0.2, 0.25) is 5.95 Å². The van der Waals surface area contributed by atoms with E-state index in [1.807, 2.05) is 66.3 Å². The van der Waals surface area contributed by atoms with Crippen LogP contribution in [0.1, 0.15) is 23.4 Å². The number of aromatic nitrogens is 4. The van der Waals surface area contributed by atoms with Crippen molar-refractivity contribution in [2.45, 2.75) is 19.9 Å². The zero-order chi connectivity index (χ0) is 23.8. The van der Waals surface area contributed by atoms with Crippen LogP contribution in [0.2, 0.25) is 0 Å². The summed E-state index contributed by atoms with van der Waals surface area (Å²) in [5.41, 5.74) is 5.10. The second-order valence-electron chi connectivity index (χ2n) is 8.37. The Bertz CT molecular complexity index is 1370. The topological polar surface area (TPSA) is 88.0 Å². The molecule has 8 nitrogen and oxygen atoms in total. The molecule has 1 amide bonds. The monoisotopic (exact) mass is 471 g/mol. The van der Waals surface area contributed by atoms with Crippen molar-refractivity contribution in [1.29, 1.82) is 0 Å². The first-order valence-corrected chi connectivity index (χ1v) is 11.8. The average Bonchev–Trinajstić information content (AvgIpc) is 3.44. The average molecular weight is 472 g/mol. The number of carbonyl (C=O) groups is 1. The fourth-order valence-electron chi connectivity index (χ4n) is 4.02. The van der Waals surface area contributed by atoms with Crippen molar-refractivity contribution in [2.24, 2.45) is 0 Å². The molecule has 172 valence electrons. The predicted molar refractivity (Wildman–Crippen MR) is 136 cm³/mol. The van der Waals surface area contributed by atoms with Gasteiger partial charge in [-0.05, 0) is 67.3 Å². The van der Waals surface area contributed by atoms with Crippen LogP contribution in [-0.4, -0.2) is 39.8 Å². The van der Waals surface area contributed by atoms with Crippen molar-refractivity contribution >= 4 is 34.6 Å². The first-order valence-electron chi connectivity index (χ1n) is 10.9. The molecule has 1 aliphatic heterocycles. The van der Waals surface area contributed by atoms with Gasteiger partial charge < -0.3 is 15.5 Å². The molecule has 1 aromatic carbocycles. The zero-order valence-corrected chi connectivity index (χ0v) is 20.2. The number of nitrogens with one attached hydrogen (secondary N) is 2. The van der Waals surface area contributed by atoms with Gasteiger partial charge in [-0.1, -0.05) is 0 Å². The highest BCUT2D eigenvalue weighted by atomic mass is 32.1. The Labute approximate surface area is 202 Å². The Kier molecular flexibility index (Phi) is 5.62. The summed E-state index contributed by atoms with van der Waals surface area (Å²) in [6, 6.07) is 13.4. The number of nitrogens with zero attached hydrogens (tertiary/aromatic N) is 5. The molecule has 0 saturated carbocycles. The number of benzene rings is 1. The minimum absolute atomic E-state index is 0.200. The lowest BCUT2D eigenvalue weighted by molar-refractivity contribution is -0.113. The number of hydrogen-bond acceptors (Lipinski definition) is 7. The molecule has 4 aromatic rings. The van der Waals surface area contributed by atoms with Crippen molar-refractivity contribution in [3.8, 4) is 11.4 Å². The molecule has 1 aliphatic rings. The molecular weight excluding hydrogens is 446 g/mol. The highest BCUT2D eigenvalue weighted by molar-refractivity contribution is 7.10. The van der Waals surface area contributed by atoms with E-state index in [9.17, 15) is 4.79 Å². The summed E-state index contributed by atoms with van der Waals surface area (Å²) in [7, 11) is 4.01. The van der Waals surface area contributed by atoms with Crippen molar-refractivity contribution in [1.82, 2.24) is 19.7 Å². The van der Waals surface area contributed by atoms with E-state index in [1.54, 1.807) is 29.8 Å². The van der Waals surface area contributed by atoms with Crippen LogP contribution in [0.5, 0.6) is 0 Å². The van der Waals surface area contributed by atoms with Crippen LogP contribution in [0.3, 0.4) is 0 Å². The van der Waals surface area contributed by atoms with Gasteiger partial charge in [-0.25, -0.2) is 4.68 Å². The van der Waals surface area contributed by atoms with E-state index in [0.29, 0.717) is 23.0 Å². The van der Waals surface area contributed by atoms with E-state index in [0.717, 1.165) is 27.4 Å². The maximum absolute atomic E-state index is 13.5. The summed E-state index contributed by atoms with van der Waals surface area (Å²) in [5, 5.41) is 13.2. The smallest absolute Gasteiger partial charge is 0.255 e. The molecule has 4 heterocycles. The Balaban J connectivity index is 1.57. The molecule has 0 bridgehead atoms. The molecule has 9 heteroatoms. The molecule has 5 rings (SSSR count). The van der Waals surface area contributed by atoms with Crippen LogP contribution in [0.25, 0.3) is 11.4 Å². The largest absolute Gasteiger partial charge is 0.378 e. The third-order valence-corrected chi connectivity index (χ3v) is 6.88. The fourth-order valence-corrected chi connectivity index (χ4v) is 5.04. The molecule has 0 radical (unpaired) electrons. The quantitative estimate of drug-likeness (QED) is 0.439. The van der Waals surface area contributed by atoms with Gasteiger partial charge in [0.15, 0.2) is 5.82 Å². The highest BCUT2D eigenvalue weighted by Gasteiger charge is 2.36. The number of carbonyl (C=O) groups excluding carboxylic acids is 1. The Morgan fingerprint density at radius 3 is 2.59 bits per heavy atom. The van der Waals surface area contributed by atoms with Gasteiger partial charge in [-0.15, -0.1) is 16.4 Å². The normalized spacial score (nSPS) is 15.0. The first-order chi connectivity index (χ1) is 16.4. The molecule has 34 heavy (non-hydrogen) atoms. The number of amides is 1. The summed E-state index contributed by atoms with van der Waals surface area (Å²) in [4.78, 5) is 25.5. The van der Waals surface area contributed by atoms with Gasteiger partial charge in [0.25, 0.3) is 5.91 Å². The summed E-state index contributed by atoms with van der Waals surface area (Å²) in [6.07, 6.45) is 3.31. The first kappa shape index (κ1) is 21.8. The SMILES string of the molecule is CC1=C(C(=O)Nc2cccnc2)C(c2sccc2C)n2nc(-c3ccc(N(C)C)cc3)nc2N1. The number of fused-ring (bicyclic) bond motifs is 1. The van der Waals surface area contributed by atoms with E-state index in [1.165, 1.54) is 0 Å². The van der Waals surface area contributed by atoms with Gasteiger partial charge in [0.1, 0.15) is 6.04 Å². The standard InChI is InChI=1S/C25H25N7OS/c1-15-11-13-34-22(15)21-20(24(33)28-18-6-5-12-26-14-18)16(2)27-25-29-23(30-32(21)25)17-7-9-19(10-8-17)31(3)4/h5-14,21H,1-4H3,(H,28,33)(H,27,29,30). The molecule has 1 atom stereocenters. The Morgan fingerprint density at radius 1 is 1.15 bits per heavy atom. The third-order valence-electron chi connectivity index (χ3n) is 5.81. The van der Waals surface area contributed by atoms with Crippen LogP contribution in [0.15, 0.2) is 71.5 Å². The van der Waals surface area contributed by atoms with Crippen LogP contribution >= 0.6 is 11.3 Å². The molecule has 1 unspecified atom stereocenters. The summed E-state index contributed by atoms with van der Waals surface area (Å²) >= 11 is 1.61. The second kappa shape index (κ2) is 8.75. The molecular formula is C25H25N7OS. The maximum Gasteiger partial charge on any atom is 0.255 e. The summed E-state index contributed by atoms with van der Waals surface area (Å²) in [5.74, 6) is 1.02. The number of hydrogen-bond donors (Lipinski definition) is 2. The lowest BCUT2D eigenvalue weighted by atomic mass is 9.99. The Hall–Kier alpha value is -3.98. The van der Waals surface area contributed by atoms with Gasteiger partial charge in [0, 0.05) is 42.1 Å². The van der Waals surface area contributed by atoms with Gasteiger partial charge in [-0.2, -0.15) is 4.98 Å². The minimum Gasteiger partial charge on any atom is -0.378 e. The van der Waals surface area contributed by atoms with Crippen LogP contribution in [0, 0.1) is 6.92 Å². The second-order valence-corrected chi connectivity index (χ2v) is 9.32. The molecule has 0 saturated heterocycles. The number of aryl methyl sites for hydroxylation is 1. The molecule has 0 spiro atoms. The van der Waals surface area contributed by atoms with Crippen LogP contribution < -0.4 is 15.5 Å². The third kappa shape index (κ3) is 3.94. The lowest BCUT2D eigenvalue weighted by Gasteiger charge is -2.28. The molecule has 2 N–H and O–H groups in total. The van der Waals surface area contributed by atoms with Gasteiger partial charge in [-0.3, -0.25) is 9.78 Å². The number of anilines is 3. The molecule has 0 fully saturated rings. The van der Waals surface area contributed by atoms with E-state index in [-0.39, 0.29) is 5.91 Å². The number of thiophene rings is 1. The lowest BCUT2D eigenvalue weighted by Crippen LogP contribution is -2.31. The molecule has 0 aliphatic carbocycles.